The molecule has 5 nitrogen and oxygen atoms in total. The Hall–Kier alpha value is -2.92. The van der Waals surface area contributed by atoms with E-state index in [4.69, 9.17) is 0 Å². The number of rotatable bonds is 8. The Morgan fingerprint density at radius 2 is 1.54 bits per heavy atom. The molecule has 2 aromatic carbocycles. The first-order valence-corrected chi connectivity index (χ1v) is 8.73. The lowest BCUT2D eigenvalue weighted by molar-refractivity contribution is -0.122. The quantitative estimate of drug-likeness (QED) is 0.681. The van der Waals surface area contributed by atoms with E-state index in [-0.39, 0.29) is 5.91 Å². The van der Waals surface area contributed by atoms with Gasteiger partial charge >= 0.3 is 0 Å². The fourth-order valence-electron chi connectivity index (χ4n) is 2.87. The molecule has 0 spiro atoms. The van der Waals surface area contributed by atoms with E-state index in [0.717, 1.165) is 18.7 Å². The first kappa shape index (κ1) is 17.9. The highest BCUT2D eigenvalue weighted by atomic mass is 16.2. The number of hydrogen-bond donors (Lipinski definition) is 1. The van der Waals surface area contributed by atoms with Crippen molar-refractivity contribution in [3.8, 4) is 0 Å². The lowest BCUT2D eigenvalue weighted by Crippen LogP contribution is -2.36. The molecule has 0 aliphatic rings. The third-order valence-electron chi connectivity index (χ3n) is 4.11. The normalized spacial score (nSPS) is 10.8. The van der Waals surface area contributed by atoms with Crippen molar-refractivity contribution in [2.24, 2.45) is 7.05 Å². The average Bonchev–Trinajstić information content (AvgIpc) is 3.07. The van der Waals surface area contributed by atoms with Crippen LogP contribution in [0.1, 0.15) is 16.7 Å². The number of hydrogen-bond acceptors (Lipinski definition) is 3. The van der Waals surface area contributed by atoms with Crippen LogP contribution in [0.4, 0.5) is 0 Å². The number of carbonyl (C=O) groups excluding carboxylic acids is 1. The number of nitrogens with zero attached hydrogens (tertiary/aromatic N) is 3. The van der Waals surface area contributed by atoms with Gasteiger partial charge in [0.05, 0.1) is 12.7 Å². The third kappa shape index (κ3) is 5.57. The van der Waals surface area contributed by atoms with Crippen LogP contribution in [0.15, 0.2) is 73.1 Å². The lowest BCUT2D eigenvalue weighted by Gasteiger charge is -2.22. The van der Waals surface area contributed by atoms with Gasteiger partial charge in [-0.3, -0.25) is 14.4 Å². The van der Waals surface area contributed by atoms with Gasteiger partial charge in [-0.15, -0.1) is 0 Å². The highest BCUT2D eigenvalue weighted by Gasteiger charge is 2.12. The molecule has 3 aromatic rings. The minimum absolute atomic E-state index is 0.0146. The van der Waals surface area contributed by atoms with E-state index < -0.39 is 0 Å². The van der Waals surface area contributed by atoms with E-state index in [1.165, 1.54) is 11.1 Å². The lowest BCUT2D eigenvalue weighted by atomic mass is 10.1. The molecular weight excluding hydrogens is 324 g/mol. The van der Waals surface area contributed by atoms with Crippen LogP contribution < -0.4 is 5.32 Å². The van der Waals surface area contributed by atoms with Crippen molar-refractivity contribution in [2.75, 3.05) is 6.54 Å². The summed E-state index contributed by atoms with van der Waals surface area (Å²) in [5.74, 6) is 0.0146. The molecule has 1 aromatic heterocycles. The third-order valence-corrected chi connectivity index (χ3v) is 4.11. The van der Waals surface area contributed by atoms with Gasteiger partial charge in [-0.1, -0.05) is 60.7 Å². The van der Waals surface area contributed by atoms with Crippen molar-refractivity contribution in [2.45, 2.75) is 19.6 Å². The zero-order valence-corrected chi connectivity index (χ0v) is 15.0. The van der Waals surface area contributed by atoms with Crippen LogP contribution in [-0.4, -0.2) is 27.1 Å². The van der Waals surface area contributed by atoms with Gasteiger partial charge in [0.1, 0.15) is 0 Å². The van der Waals surface area contributed by atoms with E-state index in [1.807, 2.05) is 49.6 Å². The predicted octanol–water partition coefficient (Wildman–Crippen LogP) is 2.74. The molecule has 1 heterocycles. The van der Waals surface area contributed by atoms with Gasteiger partial charge in [0, 0.05) is 38.4 Å². The Morgan fingerprint density at radius 3 is 2.04 bits per heavy atom. The van der Waals surface area contributed by atoms with Crippen LogP contribution in [0.25, 0.3) is 0 Å². The number of amides is 1. The van der Waals surface area contributed by atoms with Gasteiger partial charge in [-0.25, -0.2) is 0 Å². The molecule has 134 valence electrons. The van der Waals surface area contributed by atoms with Crippen molar-refractivity contribution < 1.29 is 4.79 Å². The van der Waals surface area contributed by atoms with Crippen LogP contribution >= 0.6 is 0 Å². The monoisotopic (exact) mass is 348 g/mol. The number of aryl methyl sites for hydroxylation is 1. The Kier molecular flexibility index (Phi) is 6.17. The van der Waals surface area contributed by atoms with Crippen LogP contribution in [0, 0.1) is 0 Å². The zero-order valence-electron chi connectivity index (χ0n) is 15.0. The fourth-order valence-corrected chi connectivity index (χ4v) is 2.87. The molecular formula is C21H24N4O. The van der Waals surface area contributed by atoms with Crippen molar-refractivity contribution >= 4 is 5.91 Å². The first-order chi connectivity index (χ1) is 12.7. The summed E-state index contributed by atoms with van der Waals surface area (Å²) in [5, 5.41) is 7.10. The standard InChI is InChI=1S/C21H24N4O/c1-24-14-20(13-23-24)12-22-21(26)17-25(15-18-8-4-2-5-9-18)16-19-10-6-3-7-11-19/h2-11,13-14H,12,15-17H2,1H3,(H,22,26). The smallest absolute Gasteiger partial charge is 0.234 e. The van der Waals surface area contributed by atoms with Gasteiger partial charge in [0.2, 0.25) is 5.91 Å². The van der Waals surface area contributed by atoms with Gasteiger partial charge in [0.15, 0.2) is 0 Å². The molecule has 26 heavy (non-hydrogen) atoms. The SMILES string of the molecule is Cn1cc(CNC(=O)CN(Cc2ccccc2)Cc2ccccc2)cn1. The highest BCUT2D eigenvalue weighted by Crippen LogP contribution is 2.10. The molecule has 0 saturated carbocycles. The van der Waals surface area contributed by atoms with E-state index in [9.17, 15) is 4.79 Å². The molecule has 1 N–H and O–H groups in total. The van der Waals surface area contributed by atoms with Gasteiger partial charge in [-0.2, -0.15) is 5.10 Å². The molecule has 0 aliphatic carbocycles. The van der Waals surface area contributed by atoms with Gasteiger partial charge < -0.3 is 5.32 Å². The van der Waals surface area contributed by atoms with Crippen molar-refractivity contribution in [1.29, 1.82) is 0 Å². The maximum Gasteiger partial charge on any atom is 0.234 e. The summed E-state index contributed by atoms with van der Waals surface area (Å²) in [6.07, 6.45) is 3.68. The Balaban J connectivity index is 1.61. The molecule has 5 heteroatoms. The topological polar surface area (TPSA) is 50.2 Å². The number of benzene rings is 2. The average molecular weight is 348 g/mol. The summed E-state index contributed by atoms with van der Waals surface area (Å²) in [7, 11) is 1.87. The molecule has 0 saturated heterocycles. The second kappa shape index (κ2) is 8.97. The fraction of sp³-hybridized carbons (Fsp3) is 0.238. The molecule has 0 bridgehead atoms. The second-order valence-corrected chi connectivity index (χ2v) is 6.42. The van der Waals surface area contributed by atoms with E-state index in [0.29, 0.717) is 13.1 Å². The van der Waals surface area contributed by atoms with Gasteiger partial charge in [0.25, 0.3) is 0 Å². The molecule has 0 unspecified atom stereocenters. The van der Waals surface area contributed by atoms with Crippen LogP contribution in [0.3, 0.4) is 0 Å². The molecule has 0 aliphatic heterocycles. The highest BCUT2D eigenvalue weighted by molar-refractivity contribution is 5.78. The van der Waals surface area contributed by atoms with Crippen molar-refractivity contribution in [3.05, 3.63) is 89.7 Å². The zero-order chi connectivity index (χ0) is 18.2. The first-order valence-electron chi connectivity index (χ1n) is 8.73. The summed E-state index contributed by atoms with van der Waals surface area (Å²) in [4.78, 5) is 14.6. The Bertz CT molecular complexity index is 773. The van der Waals surface area contributed by atoms with E-state index >= 15 is 0 Å². The molecule has 0 radical (unpaired) electrons. The van der Waals surface area contributed by atoms with Gasteiger partial charge in [-0.05, 0) is 11.1 Å². The molecule has 0 fully saturated rings. The minimum atomic E-state index is 0.0146. The van der Waals surface area contributed by atoms with Crippen molar-refractivity contribution in [3.63, 3.8) is 0 Å². The van der Waals surface area contributed by atoms with E-state index in [2.05, 4.69) is 39.6 Å². The maximum atomic E-state index is 12.4. The summed E-state index contributed by atoms with van der Waals surface area (Å²) in [5.41, 5.74) is 3.39. The molecule has 1 amide bonds. The van der Waals surface area contributed by atoms with Crippen molar-refractivity contribution in [1.82, 2.24) is 20.0 Å². The summed E-state index contributed by atoms with van der Waals surface area (Å²) in [6.45, 7) is 2.31. The predicted molar refractivity (Wildman–Crippen MR) is 102 cm³/mol. The Morgan fingerprint density at radius 1 is 0.962 bits per heavy atom. The number of carbonyl (C=O) groups is 1. The number of nitrogens with one attached hydrogen (secondary N) is 1. The van der Waals surface area contributed by atoms with Crippen LogP contribution in [-0.2, 0) is 31.5 Å². The summed E-state index contributed by atoms with van der Waals surface area (Å²) in [6, 6.07) is 20.5. The van der Waals surface area contributed by atoms with Crippen LogP contribution in [0.2, 0.25) is 0 Å². The second-order valence-electron chi connectivity index (χ2n) is 6.42. The van der Waals surface area contributed by atoms with E-state index in [1.54, 1.807) is 10.9 Å². The number of aromatic nitrogens is 2. The summed E-state index contributed by atoms with van der Waals surface area (Å²) >= 11 is 0. The Labute approximate surface area is 154 Å². The summed E-state index contributed by atoms with van der Waals surface area (Å²) < 4.78 is 1.73. The minimum Gasteiger partial charge on any atom is -0.351 e. The largest absolute Gasteiger partial charge is 0.351 e. The maximum absolute atomic E-state index is 12.4. The molecule has 0 atom stereocenters. The van der Waals surface area contributed by atoms with Crippen LogP contribution in [0.5, 0.6) is 0 Å². The molecule has 3 rings (SSSR count).